The molecule has 0 radical (unpaired) electrons. The van der Waals surface area contributed by atoms with E-state index in [2.05, 4.69) is 10.2 Å². The average Bonchev–Trinajstić information content (AvgIpc) is 2.38. The lowest BCUT2D eigenvalue weighted by atomic mass is 9.81. The van der Waals surface area contributed by atoms with Gasteiger partial charge in [-0.3, -0.25) is 0 Å². The highest BCUT2D eigenvalue weighted by Gasteiger charge is 2.39. The first-order valence-corrected chi connectivity index (χ1v) is 7.41. The molecule has 2 bridgehead atoms. The summed E-state index contributed by atoms with van der Waals surface area (Å²) in [5, 5.41) is 3.41. The molecular weight excluding hydrogens is 239 g/mol. The number of benzene rings is 1. The van der Waals surface area contributed by atoms with Crippen LogP contribution in [0.5, 0.6) is 0 Å². The lowest BCUT2D eigenvalue weighted by molar-refractivity contribution is 0.250. The van der Waals surface area contributed by atoms with Gasteiger partial charge in [-0.1, -0.05) is 12.1 Å². The molecule has 2 fully saturated rings. The number of rotatable bonds is 2. The lowest BCUT2D eigenvalue weighted by Crippen LogP contribution is -2.56. The standard InChI is InChI=1S/C16H23FN2/c1-11-5-3-8-15(17)16(11)19-13-6-4-7-14(19)10-12(9-13)18-2/h3,5,8,12-14,18H,4,6-7,9-10H2,1-2H3. The van der Waals surface area contributed by atoms with Crippen molar-refractivity contribution in [2.24, 2.45) is 0 Å². The smallest absolute Gasteiger partial charge is 0.146 e. The largest absolute Gasteiger partial charge is 0.363 e. The molecule has 0 aliphatic carbocycles. The first-order chi connectivity index (χ1) is 9.20. The number of para-hydroxylation sites is 1. The minimum absolute atomic E-state index is 0.0557. The van der Waals surface area contributed by atoms with Crippen LogP contribution in [0.1, 0.15) is 37.7 Å². The molecule has 0 amide bonds. The molecule has 3 rings (SSSR count). The van der Waals surface area contributed by atoms with Crippen molar-refractivity contribution in [2.75, 3.05) is 11.9 Å². The monoisotopic (exact) mass is 262 g/mol. The Hall–Kier alpha value is -1.09. The van der Waals surface area contributed by atoms with Gasteiger partial charge in [0.25, 0.3) is 0 Å². The maximum atomic E-state index is 14.3. The summed E-state index contributed by atoms with van der Waals surface area (Å²) >= 11 is 0. The van der Waals surface area contributed by atoms with Crippen LogP contribution >= 0.6 is 0 Å². The van der Waals surface area contributed by atoms with Crippen LogP contribution in [0, 0.1) is 12.7 Å². The maximum absolute atomic E-state index is 14.3. The van der Waals surface area contributed by atoms with Gasteiger partial charge >= 0.3 is 0 Å². The molecule has 2 heterocycles. The number of halogens is 1. The van der Waals surface area contributed by atoms with E-state index in [4.69, 9.17) is 0 Å². The highest BCUT2D eigenvalue weighted by Crippen LogP contribution is 2.40. The molecule has 19 heavy (non-hydrogen) atoms. The van der Waals surface area contributed by atoms with Gasteiger partial charge in [-0.05, 0) is 57.7 Å². The Balaban J connectivity index is 1.96. The van der Waals surface area contributed by atoms with E-state index in [0.29, 0.717) is 18.1 Å². The fourth-order valence-electron chi connectivity index (χ4n) is 3.93. The summed E-state index contributed by atoms with van der Waals surface area (Å²) in [6.07, 6.45) is 5.96. The molecule has 2 nitrogen and oxygen atoms in total. The zero-order valence-corrected chi connectivity index (χ0v) is 11.8. The zero-order valence-electron chi connectivity index (χ0n) is 11.8. The SMILES string of the molecule is CNC1CC2CCCC(C1)N2c1c(C)cccc1F. The third-order valence-electron chi connectivity index (χ3n) is 4.83. The molecule has 3 heteroatoms. The summed E-state index contributed by atoms with van der Waals surface area (Å²) in [5.41, 5.74) is 1.92. The Morgan fingerprint density at radius 3 is 2.47 bits per heavy atom. The van der Waals surface area contributed by atoms with Crippen molar-refractivity contribution in [1.82, 2.24) is 5.32 Å². The van der Waals surface area contributed by atoms with Crippen molar-refractivity contribution in [3.63, 3.8) is 0 Å². The fourth-order valence-corrected chi connectivity index (χ4v) is 3.93. The van der Waals surface area contributed by atoms with Gasteiger partial charge in [0.15, 0.2) is 0 Å². The van der Waals surface area contributed by atoms with Gasteiger partial charge in [0, 0.05) is 18.1 Å². The summed E-state index contributed by atoms with van der Waals surface area (Å²) in [5.74, 6) is -0.0557. The van der Waals surface area contributed by atoms with E-state index in [9.17, 15) is 4.39 Å². The first kappa shape index (κ1) is 12.9. The van der Waals surface area contributed by atoms with E-state index < -0.39 is 0 Å². The number of anilines is 1. The minimum Gasteiger partial charge on any atom is -0.363 e. The summed E-state index contributed by atoms with van der Waals surface area (Å²) in [6, 6.07) is 7.03. The van der Waals surface area contributed by atoms with Crippen molar-refractivity contribution < 1.29 is 4.39 Å². The van der Waals surface area contributed by atoms with Crippen LogP contribution in [0.2, 0.25) is 0 Å². The molecule has 1 aromatic rings. The van der Waals surface area contributed by atoms with E-state index in [-0.39, 0.29) is 5.82 Å². The maximum Gasteiger partial charge on any atom is 0.146 e. The number of nitrogens with one attached hydrogen (secondary N) is 1. The first-order valence-electron chi connectivity index (χ1n) is 7.41. The van der Waals surface area contributed by atoms with Gasteiger partial charge < -0.3 is 10.2 Å². The second-order valence-electron chi connectivity index (χ2n) is 6.01. The predicted molar refractivity (Wildman–Crippen MR) is 77.1 cm³/mol. The fraction of sp³-hybridized carbons (Fsp3) is 0.625. The molecule has 0 spiro atoms. The minimum atomic E-state index is -0.0557. The van der Waals surface area contributed by atoms with Gasteiger partial charge in [-0.25, -0.2) is 4.39 Å². The van der Waals surface area contributed by atoms with Gasteiger partial charge in [0.2, 0.25) is 0 Å². The van der Waals surface area contributed by atoms with Crippen molar-refractivity contribution in [2.45, 2.75) is 57.2 Å². The van der Waals surface area contributed by atoms with Gasteiger partial charge in [0.05, 0.1) is 5.69 Å². The molecular formula is C16H23FN2. The topological polar surface area (TPSA) is 15.3 Å². The molecule has 0 saturated carbocycles. The molecule has 2 saturated heterocycles. The molecule has 2 unspecified atom stereocenters. The number of piperidine rings is 2. The van der Waals surface area contributed by atoms with E-state index in [1.807, 2.05) is 26.1 Å². The van der Waals surface area contributed by atoms with Crippen LogP contribution in [-0.4, -0.2) is 25.2 Å². The Kier molecular flexibility index (Phi) is 3.48. The Labute approximate surface area is 115 Å². The van der Waals surface area contributed by atoms with Gasteiger partial charge in [-0.15, -0.1) is 0 Å². The molecule has 104 valence electrons. The molecule has 2 atom stereocenters. The Morgan fingerprint density at radius 1 is 1.21 bits per heavy atom. The van der Waals surface area contributed by atoms with Crippen LogP contribution in [0.15, 0.2) is 18.2 Å². The van der Waals surface area contributed by atoms with Crippen molar-refractivity contribution in [3.05, 3.63) is 29.6 Å². The van der Waals surface area contributed by atoms with E-state index in [1.54, 1.807) is 6.07 Å². The number of aryl methyl sites for hydroxylation is 1. The quantitative estimate of drug-likeness (QED) is 0.880. The van der Waals surface area contributed by atoms with Crippen LogP contribution in [-0.2, 0) is 0 Å². The number of hydrogen-bond donors (Lipinski definition) is 1. The van der Waals surface area contributed by atoms with E-state index in [0.717, 1.165) is 24.1 Å². The Morgan fingerprint density at radius 2 is 1.89 bits per heavy atom. The lowest BCUT2D eigenvalue weighted by Gasteiger charge is -2.50. The second-order valence-corrected chi connectivity index (χ2v) is 6.01. The zero-order chi connectivity index (χ0) is 13.4. The number of fused-ring (bicyclic) bond motifs is 2. The number of nitrogens with zero attached hydrogens (tertiary/aromatic N) is 1. The van der Waals surface area contributed by atoms with Crippen LogP contribution < -0.4 is 10.2 Å². The van der Waals surface area contributed by atoms with Crippen molar-refractivity contribution >= 4 is 5.69 Å². The van der Waals surface area contributed by atoms with Crippen LogP contribution in [0.25, 0.3) is 0 Å². The summed E-state index contributed by atoms with van der Waals surface area (Å²) in [6.45, 7) is 2.03. The van der Waals surface area contributed by atoms with Gasteiger partial charge in [-0.2, -0.15) is 0 Å². The van der Waals surface area contributed by atoms with Crippen LogP contribution in [0.4, 0.5) is 10.1 Å². The Bertz CT molecular complexity index is 426. The molecule has 1 N–H and O–H groups in total. The molecule has 1 aromatic carbocycles. The highest BCUT2D eigenvalue weighted by molar-refractivity contribution is 5.56. The third kappa shape index (κ3) is 2.25. The molecule has 0 aromatic heterocycles. The normalized spacial score (nSPS) is 30.5. The van der Waals surface area contributed by atoms with Crippen molar-refractivity contribution in [1.29, 1.82) is 0 Å². The highest BCUT2D eigenvalue weighted by atomic mass is 19.1. The van der Waals surface area contributed by atoms with Gasteiger partial charge in [0.1, 0.15) is 5.82 Å². The summed E-state index contributed by atoms with van der Waals surface area (Å²) in [4.78, 5) is 2.39. The average molecular weight is 262 g/mol. The van der Waals surface area contributed by atoms with Crippen molar-refractivity contribution in [3.8, 4) is 0 Å². The van der Waals surface area contributed by atoms with E-state index >= 15 is 0 Å². The number of hydrogen-bond acceptors (Lipinski definition) is 2. The molecule has 2 aliphatic heterocycles. The second kappa shape index (κ2) is 5.12. The van der Waals surface area contributed by atoms with E-state index in [1.165, 1.54) is 19.3 Å². The van der Waals surface area contributed by atoms with Crippen LogP contribution in [0.3, 0.4) is 0 Å². The third-order valence-corrected chi connectivity index (χ3v) is 4.83. The summed E-state index contributed by atoms with van der Waals surface area (Å²) < 4.78 is 14.3. The molecule has 2 aliphatic rings. The summed E-state index contributed by atoms with van der Waals surface area (Å²) in [7, 11) is 2.05. The predicted octanol–water partition coefficient (Wildman–Crippen LogP) is 3.24.